The Kier molecular flexibility index (Phi) is 4.26. The summed E-state index contributed by atoms with van der Waals surface area (Å²) in [6.07, 6.45) is 4.02. The number of hydrogen-bond acceptors (Lipinski definition) is 5. The van der Waals surface area contributed by atoms with Crippen LogP contribution in [0, 0.1) is 0 Å². The SMILES string of the molecule is O=c1c2ccccc2nnn1CN1CCCC1CCCO. The topological polar surface area (TPSA) is 71.2 Å². The molecule has 6 heteroatoms. The summed E-state index contributed by atoms with van der Waals surface area (Å²) in [7, 11) is 0. The van der Waals surface area contributed by atoms with Crippen molar-refractivity contribution in [3.8, 4) is 0 Å². The van der Waals surface area contributed by atoms with Gasteiger partial charge in [0.2, 0.25) is 0 Å². The van der Waals surface area contributed by atoms with E-state index in [0.29, 0.717) is 23.6 Å². The van der Waals surface area contributed by atoms with E-state index in [-0.39, 0.29) is 12.2 Å². The van der Waals surface area contributed by atoms with E-state index in [1.807, 2.05) is 12.1 Å². The molecule has 112 valence electrons. The van der Waals surface area contributed by atoms with E-state index >= 15 is 0 Å². The van der Waals surface area contributed by atoms with Gasteiger partial charge in [0, 0.05) is 19.2 Å². The van der Waals surface area contributed by atoms with Gasteiger partial charge in [-0.15, -0.1) is 5.10 Å². The minimum Gasteiger partial charge on any atom is -0.396 e. The number of benzene rings is 1. The predicted octanol–water partition coefficient (Wildman–Crippen LogP) is 0.986. The minimum absolute atomic E-state index is 0.0894. The molecule has 1 aromatic heterocycles. The van der Waals surface area contributed by atoms with Gasteiger partial charge in [0.1, 0.15) is 5.52 Å². The summed E-state index contributed by atoms with van der Waals surface area (Å²) in [4.78, 5) is 14.7. The first kappa shape index (κ1) is 14.2. The third-order valence-electron chi connectivity index (χ3n) is 4.14. The van der Waals surface area contributed by atoms with E-state index < -0.39 is 0 Å². The van der Waals surface area contributed by atoms with E-state index in [1.54, 1.807) is 12.1 Å². The van der Waals surface area contributed by atoms with Crippen molar-refractivity contribution in [3.05, 3.63) is 34.6 Å². The highest BCUT2D eigenvalue weighted by Crippen LogP contribution is 2.21. The van der Waals surface area contributed by atoms with Crippen LogP contribution in [0.4, 0.5) is 0 Å². The highest BCUT2D eigenvalue weighted by molar-refractivity contribution is 5.76. The Labute approximate surface area is 123 Å². The van der Waals surface area contributed by atoms with Gasteiger partial charge in [-0.3, -0.25) is 9.69 Å². The van der Waals surface area contributed by atoms with Gasteiger partial charge in [-0.2, -0.15) is 4.68 Å². The average Bonchev–Trinajstić information content (AvgIpc) is 2.95. The van der Waals surface area contributed by atoms with Crippen LogP contribution >= 0.6 is 0 Å². The molecule has 1 aliphatic rings. The summed E-state index contributed by atoms with van der Waals surface area (Å²) in [5.74, 6) is 0. The number of fused-ring (bicyclic) bond motifs is 1. The number of nitrogens with zero attached hydrogens (tertiary/aromatic N) is 4. The van der Waals surface area contributed by atoms with Crippen molar-refractivity contribution in [2.45, 2.75) is 38.4 Å². The lowest BCUT2D eigenvalue weighted by Gasteiger charge is -2.24. The Morgan fingerprint density at radius 2 is 2.19 bits per heavy atom. The monoisotopic (exact) mass is 288 g/mol. The summed E-state index contributed by atoms with van der Waals surface area (Å²) in [5.41, 5.74) is 0.547. The van der Waals surface area contributed by atoms with Crippen LogP contribution in [0.2, 0.25) is 0 Å². The minimum atomic E-state index is -0.0894. The second-order valence-corrected chi connectivity index (χ2v) is 5.53. The lowest BCUT2D eigenvalue weighted by Crippen LogP contribution is -2.37. The fourth-order valence-corrected chi connectivity index (χ4v) is 3.02. The van der Waals surface area contributed by atoms with Crippen molar-refractivity contribution in [2.24, 2.45) is 0 Å². The number of aliphatic hydroxyl groups excluding tert-OH is 1. The van der Waals surface area contributed by atoms with Crippen LogP contribution in [-0.4, -0.2) is 44.2 Å². The van der Waals surface area contributed by atoms with E-state index in [1.165, 1.54) is 4.68 Å². The zero-order valence-electron chi connectivity index (χ0n) is 12.0. The predicted molar refractivity (Wildman–Crippen MR) is 79.8 cm³/mol. The summed E-state index contributed by atoms with van der Waals surface area (Å²) in [6.45, 7) is 1.67. The van der Waals surface area contributed by atoms with E-state index in [0.717, 1.165) is 32.2 Å². The van der Waals surface area contributed by atoms with Crippen LogP contribution < -0.4 is 5.56 Å². The second-order valence-electron chi connectivity index (χ2n) is 5.53. The molecule has 3 rings (SSSR count). The van der Waals surface area contributed by atoms with Crippen molar-refractivity contribution >= 4 is 10.9 Å². The molecule has 0 amide bonds. The van der Waals surface area contributed by atoms with Crippen LogP contribution in [0.15, 0.2) is 29.1 Å². The summed E-state index contributed by atoms with van der Waals surface area (Å²) in [6, 6.07) is 7.71. The Morgan fingerprint density at radius 1 is 1.33 bits per heavy atom. The van der Waals surface area contributed by atoms with Crippen LogP contribution in [0.5, 0.6) is 0 Å². The molecule has 1 atom stereocenters. The van der Waals surface area contributed by atoms with Crippen LogP contribution in [0.3, 0.4) is 0 Å². The lowest BCUT2D eigenvalue weighted by atomic mass is 10.1. The Morgan fingerprint density at radius 3 is 3.05 bits per heavy atom. The molecule has 1 fully saturated rings. The van der Waals surface area contributed by atoms with Gasteiger partial charge < -0.3 is 5.11 Å². The average molecular weight is 288 g/mol. The Bertz CT molecular complexity index is 670. The van der Waals surface area contributed by atoms with Crippen LogP contribution in [0.1, 0.15) is 25.7 Å². The maximum atomic E-state index is 12.4. The zero-order valence-corrected chi connectivity index (χ0v) is 12.0. The van der Waals surface area contributed by atoms with Gasteiger partial charge in [0.05, 0.1) is 12.1 Å². The van der Waals surface area contributed by atoms with Gasteiger partial charge in [-0.25, -0.2) is 0 Å². The van der Waals surface area contributed by atoms with Gasteiger partial charge in [-0.05, 0) is 37.8 Å². The molecule has 0 bridgehead atoms. The van der Waals surface area contributed by atoms with Crippen LogP contribution in [-0.2, 0) is 6.67 Å². The standard InChI is InChI=1S/C15H20N4O2/c20-10-4-6-12-5-3-9-18(12)11-19-15(21)13-7-1-2-8-14(13)16-17-19/h1-2,7-8,12,20H,3-6,9-11H2. The summed E-state index contributed by atoms with van der Waals surface area (Å²) < 4.78 is 1.44. The summed E-state index contributed by atoms with van der Waals surface area (Å²) in [5, 5.41) is 17.7. The third-order valence-corrected chi connectivity index (χ3v) is 4.14. The van der Waals surface area contributed by atoms with Crippen molar-refractivity contribution < 1.29 is 5.11 Å². The molecule has 2 heterocycles. The van der Waals surface area contributed by atoms with Crippen molar-refractivity contribution in [1.29, 1.82) is 0 Å². The first-order valence-corrected chi connectivity index (χ1v) is 7.47. The van der Waals surface area contributed by atoms with Crippen molar-refractivity contribution in [2.75, 3.05) is 13.2 Å². The molecule has 21 heavy (non-hydrogen) atoms. The molecule has 0 aliphatic carbocycles. The third kappa shape index (κ3) is 2.96. The van der Waals surface area contributed by atoms with Crippen molar-refractivity contribution in [1.82, 2.24) is 19.9 Å². The molecule has 0 radical (unpaired) electrons. The normalized spacial score (nSPS) is 19.4. The lowest BCUT2D eigenvalue weighted by molar-refractivity contribution is 0.165. The molecule has 0 saturated carbocycles. The van der Waals surface area contributed by atoms with Crippen LogP contribution in [0.25, 0.3) is 10.9 Å². The Balaban J connectivity index is 1.81. The van der Waals surface area contributed by atoms with Gasteiger partial charge in [0.15, 0.2) is 0 Å². The highest BCUT2D eigenvalue weighted by atomic mass is 16.3. The van der Waals surface area contributed by atoms with E-state index in [2.05, 4.69) is 15.2 Å². The Hall–Kier alpha value is -1.79. The second kappa shape index (κ2) is 6.32. The maximum absolute atomic E-state index is 12.4. The molecular weight excluding hydrogens is 268 g/mol. The molecule has 1 N–H and O–H groups in total. The molecule has 1 aromatic carbocycles. The first-order valence-electron chi connectivity index (χ1n) is 7.47. The van der Waals surface area contributed by atoms with Gasteiger partial charge in [-0.1, -0.05) is 17.3 Å². The molecule has 1 unspecified atom stereocenters. The molecule has 0 spiro atoms. The smallest absolute Gasteiger partial charge is 0.278 e. The number of likely N-dealkylation sites (tertiary alicyclic amines) is 1. The molecular formula is C15H20N4O2. The van der Waals surface area contributed by atoms with Gasteiger partial charge in [0.25, 0.3) is 5.56 Å². The molecule has 1 saturated heterocycles. The molecule has 6 nitrogen and oxygen atoms in total. The maximum Gasteiger partial charge on any atom is 0.278 e. The zero-order chi connectivity index (χ0) is 14.7. The fourth-order valence-electron chi connectivity index (χ4n) is 3.02. The van der Waals surface area contributed by atoms with Crippen molar-refractivity contribution in [3.63, 3.8) is 0 Å². The number of aromatic nitrogens is 3. The molecule has 1 aliphatic heterocycles. The fraction of sp³-hybridized carbons (Fsp3) is 0.533. The molecule has 2 aromatic rings. The first-order chi connectivity index (χ1) is 10.3. The largest absolute Gasteiger partial charge is 0.396 e. The quantitative estimate of drug-likeness (QED) is 0.888. The van der Waals surface area contributed by atoms with Gasteiger partial charge >= 0.3 is 0 Å². The summed E-state index contributed by atoms with van der Waals surface area (Å²) >= 11 is 0. The number of aliphatic hydroxyl groups is 1. The van der Waals surface area contributed by atoms with E-state index in [4.69, 9.17) is 5.11 Å². The number of hydrogen-bond donors (Lipinski definition) is 1. The number of rotatable bonds is 5. The highest BCUT2D eigenvalue weighted by Gasteiger charge is 2.24. The van der Waals surface area contributed by atoms with E-state index in [9.17, 15) is 4.79 Å².